The van der Waals surface area contributed by atoms with E-state index in [-0.39, 0.29) is 0 Å². The highest BCUT2D eigenvalue weighted by Crippen LogP contribution is 2.23. The molecule has 1 heterocycles. The van der Waals surface area contributed by atoms with Crippen LogP contribution in [0, 0.1) is 11.8 Å². The first kappa shape index (κ1) is 18.3. The van der Waals surface area contributed by atoms with Gasteiger partial charge in [0.15, 0.2) is 0 Å². The van der Waals surface area contributed by atoms with Crippen molar-refractivity contribution in [2.45, 2.75) is 72.5 Å². The smallest absolute Gasteiger partial charge is 0.0247 e. The van der Waals surface area contributed by atoms with Gasteiger partial charge in [0.2, 0.25) is 0 Å². The summed E-state index contributed by atoms with van der Waals surface area (Å²) in [6.45, 7) is 16.5. The lowest BCUT2D eigenvalue weighted by Crippen LogP contribution is -2.62. The van der Waals surface area contributed by atoms with Crippen molar-refractivity contribution in [1.82, 2.24) is 10.2 Å². The Morgan fingerprint density at radius 1 is 1.20 bits per heavy atom. The topological polar surface area (TPSA) is 15.3 Å². The number of nitrogens with one attached hydrogen (secondary N) is 1. The predicted octanol–water partition coefficient (Wildman–Crippen LogP) is 3.86. The minimum atomic E-state index is 0.677. The lowest BCUT2D eigenvalue weighted by molar-refractivity contribution is 0.0483. The van der Waals surface area contributed by atoms with E-state index in [9.17, 15) is 0 Å². The molecule has 0 spiro atoms. The van der Waals surface area contributed by atoms with E-state index in [0.29, 0.717) is 12.1 Å². The Kier molecular flexibility index (Phi) is 8.54. The number of hydrogen-bond acceptors (Lipinski definition) is 3. The van der Waals surface area contributed by atoms with Crippen LogP contribution in [0.5, 0.6) is 0 Å². The van der Waals surface area contributed by atoms with E-state index in [1.807, 2.05) is 0 Å². The highest BCUT2D eigenvalue weighted by atomic mass is 32.2. The van der Waals surface area contributed by atoms with E-state index in [0.717, 1.165) is 24.4 Å². The maximum Gasteiger partial charge on any atom is 0.0247 e. The molecule has 0 aromatic rings. The Morgan fingerprint density at radius 3 is 2.45 bits per heavy atom. The Bertz CT molecular complexity index is 257. The average molecular weight is 301 g/mol. The van der Waals surface area contributed by atoms with Gasteiger partial charge in [-0.1, -0.05) is 41.0 Å². The third-order valence-electron chi connectivity index (χ3n) is 4.97. The molecule has 4 atom stereocenters. The van der Waals surface area contributed by atoms with E-state index in [4.69, 9.17) is 0 Å². The molecule has 1 saturated heterocycles. The summed E-state index contributed by atoms with van der Waals surface area (Å²) >= 11 is 2.08. The molecule has 0 radical (unpaired) electrons. The molecule has 0 amide bonds. The first-order valence-corrected chi connectivity index (χ1v) is 9.73. The zero-order valence-corrected chi connectivity index (χ0v) is 15.3. The maximum atomic E-state index is 3.81. The number of rotatable bonds is 8. The van der Waals surface area contributed by atoms with Crippen molar-refractivity contribution in [3.8, 4) is 0 Å². The van der Waals surface area contributed by atoms with Crippen molar-refractivity contribution in [1.29, 1.82) is 0 Å². The largest absolute Gasteiger partial charge is 0.311 e. The van der Waals surface area contributed by atoms with E-state index in [1.165, 1.54) is 30.9 Å². The standard InChI is InChI=1S/C17H36N2S/c1-7-14(5)16-12-19(15(6)9-10-20-8-2)17(11-18-16)13(3)4/h13-18H,7-12H2,1-6H3. The van der Waals surface area contributed by atoms with Crippen molar-refractivity contribution in [3.05, 3.63) is 0 Å². The quantitative estimate of drug-likeness (QED) is 0.685. The van der Waals surface area contributed by atoms with Gasteiger partial charge >= 0.3 is 0 Å². The van der Waals surface area contributed by atoms with Gasteiger partial charge in [-0.3, -0.25) is 4.90 Å². The van der Waals surface area contributed by atoms with Crippen LogP contribution in [0.4, 0.5) is 0 Å². The van der Waals surface area contributed by atoms with Crippen molar-refractivity contribution in [3.63, 3.8) is 0 Å². The van der Waals surface area contributed by atoms with Gasteiger partial charge in [-0.25, -0.2) is 0 Å². The summed E-state index contributed by atoms with van der Waals surface area (Å²) < 4.78 is 0. The van der Waals surface area contributed by atoms with Gasteiger partial charge in [0, 0.05) is 31.2 Å². The lowest BCUT2D eigenvalue weighted by atomic mass is 9.90. The van der Waals surface area contributed by atoms with Crippen LogP contribution in [0.15, 0.2) is 0 Å². The van der Waals surface area contributed by atoms with Crippen LogP contribution in [0.2, 0.25) is 0 Å². The molecule has 4 unspecified atom stereocenters. The molecule has 120 valence electrons. The molecule has 1 aliphatic rings. The molecule has 1 N–H and O–H groups in total. The monoisotopic (exact) mass is 300 g/mol. The first-order chi connectivity index (χ1) is 9.51. The summed E-state index contributed by atoms with van der Waals surface area (Å²) in [5, 5.41) is 3.81. The van der Waals surface area contributed by atoms with Crippen LogP contribution in [0.3, 0.4) is 0 Å². The molecule has 2 nitrogen and oxygen atoms in total. The molecule has 0 aromatic carbocycles. The number of thioether (sulfide) groups is 1. The minimum absolute atomic E-state index is 0.677. The summed E-state index contributed by atoms with van der Waals surface area (Å²) in [7, 11) is 0. The Labute approximate surface area is 131 Å². The second kappa shape index (κ2) is 9.32. The van der Waals surface area contributed by atoms with Crippen LogP contribution in [-0.4, -0.2) is 47.6 Å². The zero-order chi connectivity index (χ0) is 15.1. The molecule has 0 saturated carbocycles. The Morgan fingerprint density at radius 2 is 1.90 bits per heavy atom. The van der Waals surface area contributed by atoms with E-state index in [2.05, 4.69) is 63.5 Å². The fraction of sp³-hybridized carbons (Fsp3) is 1.00. The molecule has 3 heteroatoms. The van der Waals surface area contributed by atoms with Crippen molar-refractivity contribution in [2.24, 2.45) is 11.8 Å². The van der Waals surface area contributed by atoms with Crippen molar-refractivity contribution >= 4 is 11.8 Å². The lowest BCUT2D eigenvalue weighted by Gasteiger charge is -2.47. The molecule has 1 aliphatic heterocycles. The molecule has 0 bridgehead atoms. The second-order valence-electron chi connectivity index (χ2n) is 6.74. The van der Waals surface area contributed by atoms with Gasteiger partial charge < -0.3 is 5.32 Å². The molecule has 0 aromatic heterocycles. The van der Waals surface area contributed by atoms with E-state index >= 15 is 0 Å². The zero-order valence-electron chi connectivity index (χ0n) is 14.5. The molecular formula is C17H36N2S. The summed E-state index contributed by atoms with van der Waals surface area (Å²) in [5.41, 5.74) is 0. The highest BCUT2D eigenvalue weighted by molar-refractivity contribution is 7.99. The minimum Gasteiger partial charge on any atom is -0.311 e. The Balaban J connectivity index is 2.62. The molecular weight excluding hydrogens is 264 g/mol. The predicted molar refractivity (Wildman–Crippen MR) is 93.7 cm³/mol. The van der Waals surface area contributed by atoms with Gasteiger partial charge in [0.25, 0.3) is 0 Å². The van der Waals surface area contributed by atoms with Gasteiger partial charge in [0.1, 0.15) is 0 Å². The molecule has 1 rings (SSSR count). The second-order valence-corrected chi connectivity index (χ2v) is 8.14. The van der Waals surface area contributed by atoms with Gasteiger partial charge in [0.05, 0.1) is 0 Å². The van der Waals surface area contributed by atoms with Crippen LogP contribution in [0.25, 0.3) is 0 Å². The third kappa shape index (κ3) is 5.23. The van der Waals surface area contributed by atoms with E-state index < -0.39 is 0 Å². The molecule has 20 heavy (non-hydrogen) atoms. The number of nitrogens with zero attached hydrogens (tertiary/aromatic N) is 1. The van der Waals surface area contributed by atoms with Gasteiger partial charge in [-0.15, -0.1) is 0 Å². The summed E-state index contributed by atoms with van der Waals surface area (Å²) in [4.78, 5) is 2.80. The van der Waals surface area contributed by atoms with Crippen molar-refractivity contribution < 1.29 is 0 Å². The van der Waals surface area contributed by atoms with E-state index in [1.54, 1.807) is 0 Å². The summed E-state index contributed by atoms with van der Waals surface area (Å²) in [6.07, 6.45) is 2.60. The van der Waals surface area contributed by atoms with Gasteiger partial charge in [-0.05, 0) is 36.7 Å². The maximum absolute atomic E-state index is 3.81. The fourth-order valence-corrected chi connectivity index (χ4v) is 3.97. The Hall–Kier alpha value is 0.270. The fourth-order valence-electron chi connectivity index (χ4n) is 3.17. The normalized spacial score (nSPS) is 27.8. The summed E-state index contributed by atoms with van der Waals surface area (Å²) in [5.74, 6) is 4.07. The number of hydrogen-bond donors (Lipinski definition) is 1. The van der Waals surface area contributed by atoms with Crippen LogP contribution < -0.4 is 5.32 Å². The number of piperazine rings is 1. The third-order valence-corrected chi connectivity index (χ3v) is 5.91. The van der Waals surface area contributed by atoms with Crippen LogP contribution in [-0.2, 0) is 0 Å². The highest BCUT2D eigenvalue weighted by Gasteiger charge is 2.33. The van der Waals surface area contributed by atoms with Crippen LogP contribution >= 0.6 is 11.8 Å². The summed E-state index contributed by atoms with van der Waals surface area (Å²) in [6, 6.07) is 2.10. The average Bonchev–Trinajstić information content (AvgIpc) is 2.45. The van der Waals surface area contributed by atoms with Crippen molar-refractivity contribution in [2.75, 3.05) is 24.6 Å². The molecule has 0 aliphatic carbocycles. The van der Waals surface area contributed by atoms with Gasteiger partial charge in [-0.2, -0.15) is 11.8 Å². The SMILES string of the molecule is CCSCCC(C)N1CC(C(C)CC)NCC1C(C)C. The molecule has 1 fully saturated rings. The first-order valence-electron chi connectivity index (χ1n) is 8.58. The van der Waals surface area contributed by atoms with Crippen LogP contribution in [0.1, 0.15) is 54.4 Å².